The average Bonchev–Trinajstić information content (AvgIpc) is 2.69. The van der Waals surface area contributed by atoms with Gasteiger partial charge in [-0.2, -0.15) is 0 Å². The van der Waals surface area contributed by atoms with Crippen molar-refractivity contribution in [3.63, 3.8) is 0 Å². The van der Waals surface area contributed by atoms with Crippen molar-refractivity contribution in [3.8, 4) is 0 Å². The van der Waals surface area contributed by atoms with Gasteiger partial charge in [0.05, 0.1) is 0 Å². The van der Waals surface area contributed by atoms with Gasteiger partial charge in [-0.25, -0.2) is 0 Å². The molecule has 2 rings (SSSR count). The molecule has 0 saturated heterocycles. The highest BCUT2D eigenvalue weighted by Crippen LogP contribution is 2.42. The lowest BCUT2D eigenvalue weighted by Gasteiger charge is -2.25. The van der Waals surface area contributed by atoms with Crippen molar-refractivity contribution in [3.05, 3.63) is 29.8 Å². The van der Waals surface area contributed by atoms with Gasteiger partial charge in [0.1, 0.15) is 4.99 Å². The van der Waals surface area contributed by atoms with Gasteiger partial charge < -0.3 is 11.1 Å². The van der Waals surface area contributed by atoms with Gasteiger partial charge in [0, 0.05) is 17.2 Å². The van der Waals surface area contributed by atoms with Crippen molar-refractivity contribution in [1.29, 1.82) is 0 Å². The minimum atomic E-state index is 0.0998. The van der Waals surface area contributed by atoms with Gasteiger partial charge >= 0.3 is 0 Å². The van der Waals surface area contributed by atoms with E-state index in [1.54, 1.807) is 0 Å². The Morgan fingerprint density at radius 3 is 2.47 bits per heavy atom. The quantitative estimate of drug-likeness (QED) is 0.834. The molecule has 1 aromatic carbocycles. The zero-order valence-corrected chi connectivity index (χ0v) is 12.2. The summed E-state index contributed by atoms with van der Waals surface area (Å²) >= 11 is 4.90. The van der Waals surface area contributed by atoms with Crippen molar-refractivity contribution >= 4 is 28.8 Å². The second-order valence-corrected chi connectivity index (χ2v) is 6.30. The number of thiocarbonyl (C=S) groups is 1. The molecule has 1 atom stereocenters. The fourth-order valence-electron chi connectivity index (χ4n) is 2.76. The molecule has 0 aromatic heterocycles. The average molecular weight is 276 g/mol. The molecule has 1 fully saturated rings. The highest BCUT2D eigenvalue weighted by Gasteiger charge is 2.39. The molecule has 19 heavy (non-hydrogen) atoms. The van der Waals surface area contributed by atoms with E-state index in [4.69, 9.17) is 18.0 Å². The van der Waals surface area contributed by atoms with Gasteiger partial charge in [0.25, 0.3) is 0 Å². The summed E-state index contributed by atoms with van der Waals surface area (Å²) in [6, 6.07) is 7.35. The molecule has 1 saturated carbocycles. The highest BCUT2D eigenvalue weighted by molar-refractivity contribution is 7.80. The summed E-state index contributed by atoms with van der Waals surface area (Å²) in [4.78, 5) is 12.7. The maximum atomic E-state index is 12.3. The molecule has 4 heteroatoms. The van der Waals surface area contributed by atoms with Crippen LogP contribution in [-0.4, -0.2) is 10.9 Å². The van der Waals surface area contributed by atoms with E-state index in [0.29, 0.717) is 4.99 Å². The normalized spacial score (nSPS) is 21.1. The van der Waals surface area contributed by atoms with E-state index >= 15 is 0 Å². The standard InChI is InChI=1S/C15H20N2OS/c1-15(2)9-3-4-12(15)14(18)17-11-7-5-10(6-8-11)13(16)19/h5-8,12H,3-4,9H2,1-2H3,(H2,16,19)(H,17,18). The van der Waals surface area contributed by atoms with Crippen LogP contribution in [0, 0.1) is 11.3 Å². The molecule has 1 aliphatic carbocycles. The van der Waals surface area contributed by atoms with Crippen LogP contribution in [-0.2, 0) is 4.79 Å². The van der Waals surface area contributed by atoms with Crippen LogP contribution in [0.2, 0.25) is 0 Å². The summed E-state index contributed by atoms with van der Waals surface area (Å²) in [6.45, 7) is 4.33. The van der Waals surface area contributed by atoms with Crippen LogP contribution in [0.1, 0.15) is 38.7 Å². The van der Waals surface area contributed by atoms with Gasteiger partial charge in [-0.3, -0.25) is 4.79 Å². The minimum Gasteiger partial charge on any atom is -0.389 e. The first-order valence-electron chi connectivity index (χ1n) is 6.61. The van der Waals surface area contributed by atoms with Crippen LogP contribution in [0.4, 0.5) is 5.69 Å². The SMILES string of the molecule is CC1(C)CCCC1C(=O)Nc1ccc(C(N)=S)cc1. The van der Waals surface area contributed by atoms with E-state index in [-0.39, 0.29) is 17.2 Å². The first-order chi connectivity index (χ1) is 8.90. The Balaban J connectivity index is 2.05. The summed E-state index contributed by atoms with van der Waals surface area (Å²) in [5.41, 5.74) is 7.26. The Morgan fingerprint density at radius 1 is 1.37 bits per heavy atom. The minimum absolute atomic E-state index is 0.0998. The van der Waals surface area contributed by atoms with Crippen LogP contribution < -0.4 is 11.1 Å². The van der Waals surface area contributed by atoms with Crippen LogP contribution >= 0.6 is 12.2 Å². The van der Waals surface area contributed by atoms with Crippen LogP contribution in [0.5, 0.6) is 0 Å². The molecule has 3 nitrogen and oxygen atoms in total. The third-order valence-electron chi connectivity index (χ3n) is 4.01. The molecule has 3 N–H and O–H groups in total. The van der Waals surface area contributed by atoms with Crippen LogP contribution in [0.15, 0.2) is 24.3 Å². The fourth-order valence-corrected chi connectivity index (χ4v) is 2.90. The molecular formula is C15H20N2OS. The van der Waals surface area contributed by atoms with Crippen LogP contribution in [0.3, 0.4) is 0 Å². The third kappa shape index (κ3) is 3.13. The fraction of sp³-hybridized carbons (Fsp3) is 0.467. The molecule has 0 heterocycles. The number of carbonyl (C=O) groups excluding carboxylic acids is 1. The topological polar surface area (TPSA) is 55.1 Å². The van der Waals surface area contributed by atoms with Gasteiger partial charge in [-0.05, 0) is 42.5 Å². The molecule has 1 aromatic rings. The number of hydrogen-bond acceptors (Lipinski definition) is 2. The Kier molecular flexibility index (Phi) is 3.90. The van der Waals surface area contributed by atoms with E-state index < -0.39 is 0 Å². The second kappa shape index (κ2) is 5.29. The molecule has 1 unspecified atom stereocenters. The first-order valence-corrected chi connectivity index (χ1v) is 7.02. The Morgan fingerprint density at radius 2 is 2.00 bits per heavy atom. The van der Waals surface area contributed by atoms with Crippen molar-refractivity contribution in [2.45, 2.75) is 33.1 Å². The summed E-state index contributed by atoms with van der Waals surface area (Å²) < 4.78 is 0. The molecule has 0 radical (unpaired) electrons. The number of anilines is 1. The lowest BCUT2D eigenvalue weighted by molar-refractivity contribution is -0.122. The van der Waals surface area contributed by atoms with E-state index in [9.17, 15) is 4.79 Å². The van der Waals surface area contributed by atoms with Crippen molar-refractivity contribution in [2.75, 3.05) is 5.32 Å². The first kappa shape index (κ1) is 14.0. The number of nitrogens with two attached hydrogens (primary N) is 1. The predicted octanol–water partition coefficient (Wildman–Crippen LogP) is 3.09. The van der Waals surface area contributed by atoms with E-state index in [0.717, 1.165) is 30.5 Å². The lowest BCUT2D eigenvalue weighted by Crippen LogP contribution is -2.30. The van der Waals surface area contributed by atoms with Crippen molar-refractivity contribution < 1.29 is 4.79 Å². The zero-order chi connectivity index (χ0) is 14.0. The van der Waals surface area contributed by atoms with Crippen molar-refractivity contribution in [2.24, 2.45) is 17.1 Å². The molecule has 102 valence electrons. The van der Waals surface area contributed by atoms with Gasteiger partial charge in [-0.1, -0.05) is 32.5 Å². The summed E-state index contributed by atoms with van der Waals surface area (Å²) in [7, 11) is 0. The molecule has 0 bridgehead atoms. The summed E-state index contributed by atoms with van der Waals surface area (Å²) in [6.07, 6.45) is 3.22. The molecule has 1 aliphatic rings. The Hall–Kier alpha value is -1.42. The zero-order valence-electron chi connectivity index (χ0n) is 11.4. The number of benzene rings is 1. The number of nitrogens with one attached hydrogen (secondary N) is 1. The number of amides is 1. The maximum absolute atomic E-state index is 12.3. The molecule has 0 aliphatic heterocycles. The maximum Gasteiger partial charge on any atom is 0.228 e. The smallest absolute Gasteiger partial charge is 0.228 e. The number of hydrogen-bond donors (Lipinski definition) is 2. The molecule has 0 spiro atoms. The van der Waals surface area contributed by atoms with Gasteiger partial charge in [0.15, 0.2) is 0 Å². The highest BCUT2D eigenvalue weighted by atomic mass is 32.1. The lowest BCUT2D eigenvalue weighted by atomic mass is 9.81. The largest absolute Gasteiger partial charge is 0.389 e. The predicted molar refractivity (Wildman–Crippen MR) is 82.1 cm³/mol. The summed E-state index contributed by atoms with van der Waals surface area (Å²) in [5.74, 6) is 0.216. The Labute approximate surface area is 119 Å². The number of carbonyl (C=O) groups is 1. The number of rotatable bonds is 3. The van der Waals surface area contributed by atoms with Gasteiger partial charge in [-0.15, -0.1) is 0 Å². The third-order valence-corrected chi connectivity index (χ3v) is 4.25. The monoisotopic (exact) mass is 276 g/mol. The van der Waals surface area contributed by atoms with E-state index in [2.05, 4.69) is 19.2 Å². The Bertz CT molecular complexity index is 493. The van der Waals surface area contributed by atoms with Crippen LogP contribution in [0.25, 0.3) is 0 Å². The second-order valence-electron chi connectivity index (χ2n) is 5.86. The van der Waals surface area contributed by atoms with E-state index in [1.807, 2.05) is 24.3 Å². The van der Waals surface area contributed by atoms with E-state index in [1.165, 1.54) is 0 Å². The molecule has 1 amide bonds. The molecular weight excluding hydrogens is 256 g/mol. The summed E-state index contributed by atoms with van der Waals surface area (Å²) in [5, 5.41) is 2.98. The van der Waals surface area contributed by atoms with Gasteiger partial charge in [0.2, 0.25) is 5.91 Å². The van der Waals surface area contributed by atoms with Crippen molar-refractivity contribution in [1.82, 2.24) is 0 Å².